The molecule has 0 aliphatic carbocycles. The van der Waals surface area contributed by atoms with Gasteiger partial charge in [0.25, 0.3) is 5.78 Å². The fourth-order valence-corrected chi connectivity index (χ4v) is 1.58. The van der Waals surface area contributed by atoms with E-state index in [4.69, 9.17) is 9.47 Å². The summed E-state index contributed by atoms with van der Waals surface area (Å²) in [5, 5.41) is 0. The van der Waals surface area contributed by atoms with Crippen molar-refractivity contribution in [2.45, 2.75) is 33.8 Å². The minimum absolute atomic E-state index is 0.0689. The van der Waals surface area contributed by atoms with Crippen LogP contribution in [0.4, 0.5) is 0 Å². The number of hydrogen-bond acceptors (Lipinski definition) is 4. The molecule has 0 unspecified atom stereocenters. The van der Waals surface area contributed by atoms with Gasteiger partial charge >= 0.3 is 5.97 Å². The first-order chi connectivity index (χ1) is 8.47. The smallest absolute Gasteiger partial charge is 0.379 e. The molecule has 0 bridgehead atoms. The lowest BCUT2D eigenvalue weighted by atomic mass is 10.0. The minimum Gasteiger partial charge on any atom is -0.490 e. The summed E-state index contributed by atoms with van der Waals surface area (Å²) in [6.07, 6.45) is -0.0689. The van der Waals surface area contributed by atoms with Gasteiger partial charge in [-0.2, -0.15) is 0 Å². The number of aryl methyl sites for hydroxylation is 1. The predicted molar refractivity (Wildman–Crippen MR) is 67.9 cm³/mol. The van der Waals surface area contributed by atoms with Gasteiger partial charge in [-0.1, -0.05) is 12.1 Å². The monoisotopic (exact) mass is 250 g/mol. The maximum absolute atomic E-state index is 12.0. The Balaban J connectivity index is 3.13. The van der Waals surface area contributed by atoms with Gasteiger partial charge in [-0.3, -0.25) is 4.79 Å². The van der Waals surface area contributed by atoms with Gasteiger partial charge < -0.3 is 9.47 Å². The molecule has 1 aromatic rings. The number of ketones is 1. The van der Waals surface area contributed by atoms with Gasteiger partial charge in [0.2, 0.25) is 0 Å². The van der Waals surface area contributed by atoms with Crippen LogP contribution in [-0.2, 0) is 9.53 Å². The summed E-state index contributed by atoms with van der Waals surface area (Å²) in [4.78, 5) is 23.5. The van der Waals surface area contributed by atoms with E-state index in [9.17, 15) is 9.59 Å². The van der Waals surface area contributed by atoms with E-state index in [-0.39, 0.29) is 18.3 Å². The van der Waals surface area contributed by atoms with E-state index in [1.165, 1.54) is 0 Å². The van der Waals surface area contributed by atoms with E-state index in [2.05, 4.69) is 0 Å². The molecule has 0 aliphatic rings. The zero-order valence-corrected chi connectivity index (χ0v) is 11.1. The highest BCUT2D eigenvalue weighted by Crippen LogP contribution is 2.24. The maximum Gasteiger partial charge on any atom is 0.379 e. The first-order valence-corrected chi connectivity index (χ1v) is 5.95. The molecule has 0 aromatic heterocycles. The number of Topliss-reactive ketones (excluding diaryl/α,β-unsaturated/α-hetero) is 1. The van der Waals surface area contributed by atoms with Gasteiger partial charge in [-0.15, -0.1) is 0 Å². The highest BCUT2D eigenvalue weighted by Gasteiger charge is 2.23. The first kappa shape index (κ1) is 14.2. The number of benzene rings is 1. The third-order valence-corrected chi connectivity index (χ3v) is 2.29. The second kappa shape index (κ2) is 6.19. The van der Waals surface area contributed by atoms with Crippen LogP contribution >= 0.6 is 0 Å². The second-order valence-corrected chi connectivity index (χ2v) is 4.16. The summed E-state index contributed by atoms with van der Waals surface area (Å²) in [6, 6.07) is 5.23. The van der Waals surface area contributed by atoms with E-state index in [0.717, 1.165) is 0 Å². The van der Waals surface area contributed by atoms with Gasteiger partial charge in [-0.05, 0) is 39.3 Å². The average Bonchev–Trinajstić information content (AvgIpc) is 2.28. The molecule has 0 radical (unpaired) electrons. The van der Waals surface area contributed by atoms with Crippen LogP contribution in [0.3, 0.4) is 0 Å². The Morgan fingerprint density at radius 2 is 1.94 bits per heavy atom. The SMILES string of the molecule is CCOC(=O)C(=O)c1c(C)cccc1OC(C)C. The van der Waals surface area contributed by atoms with Gasteiger partial charge in [0.1, 0.15) is 5.75 Å². The van der Waals surface area contributed by atoms with Crippen LogP contribution in [0, 0.1) is 6.92 Å². The minimum atomic E-state index is -0.847. The molecular weight excluding hydrogens is 232 g/mol. The van der Waals surface area contributed by atoms with Crippen LogP contribution in [0.25, 0.3) is 0 Å². The standard InChI is InChI=1S/C14H18O4/c1-5-17-14(16)13(15)12-10(4)7-6-8-11(12)18-9(2)3/h6-9H,5H2,1-4H3. The molecule has 1 aromatic carbocycles. The Labute approximate surface area is 107 Å². The molecule has 4 nitrogen and oxygen atoms in total. The van der Waals surface area contributed by atoms with Gasteiger partial charge in [0.05, 0.1) is 18.3 Å². The van der Waals surface area contributed by atoms with Crippen molar-refractivity contribution in [3.8, 4) is 5.75 Å². The highest BCUT2D eigenvalue weighted by atomic mass is 16.5. The topological polar surface area (TPSA) is 52.6 Å². The van der Waals surface area contributed by atoms with Crippen molar-refractivity contribution in [3.05, 3.63) is 29.3 Å². The molecule has 0 aliphatic heterocycles. The molecule has 1 rings (SSSR count). The van der Waals surface area contributed by atoms with Gasteiger partial charge in [0, 0.05) is 0 Å². The Morgan fingerprint density at radius 3 is 2.50 bits per heavy atom. The van der Waals surface area contributed by atoms with Crippen LogP contribution in [0.2, 0.25) is 0 Å². The summed E-state index contributed by atoms with van der Waals surface area (Å²) in [7, 11) is 0. The summed E-state index contributed by atoms with van der Waals surface area (Å²) in [6.45, 7) is 7.33. The molecule has 0 fully saturated rings. The molecule has 0 N–H and O–H groups in total. The van der Waals surface area contributed by atoms with Crippen LogP contribution < -0.4 is 4.74 Å². The molecule has 0 saturated heterocycles. The third-order valence-electron chi connectivity index (χ3n) is 2.29. The molecule has 18 heavy (non-hydrogen) atoms. The Bertz CT molecular complexity index is 449. The zero-order valence-electron chi connectivity index (χ0n) is 11.1. The number of rotatable bonds is 5. The normalized spacial score (nSPS) is 10.3. The molecule has 98 valence electrons. The Morgan fingerprint density at radius 1 is 1.28 bits per heavy atom. The highest BCUT2D eigenvalue weighted by molar-refractivity contribution is 6.41. The summed E-state index contributed by atoms with van der Waals surface area (Å²) < 4.78 is 10.3. The van der Waals surface area contributed by atoms with Gasteiger partial charge in [0.15, 0.2) is 0 Å². The number of ether oxygens (including phenoxy) is 2. The molecule has 4 heteroatoms. The fourth-order valence-electron chi connectivity index (χ4n) is 1.58. The van der Waals surface area contributed by atoms with Gasteiger partial charge in [-0.25, -0.2) is 4.79 Å². The maximum atomic E-state index is 12.0. The predicted octanol–water partition coefficient (Wildman–Crippen LogP) is 2.53. The molecule has 0 amide bonds. The summed E-state index contributed by atoms with van der Waals surface area (Å²) >= 11 is 0. The van der Waals surface area contributed by atoms with E-state index in [0.29, 0.717) is 11.3 Å². The van der Waals surface area contributed by atoms with Crippen molar-refractivity contribution in [2.75, 3.05) is 6.61 Å². The largest absolute Gasteiger partial charge is 0.490 e. The summed E-state index contributed by atoms with van der Waals surface area (Å²) in [5.74, 6) is -1.09. The number of esters is 1. The lowest BCUT2D eigenvalue weighted by Gasteiger charge is -2.14. The van der Waals surface area contributed by atoms with Crippen LogP contribution in [0.15, 0.2) is 18.2 Å². The van der Waals surface area contributed by atoms with Crippen molar-refractivity contribution in [1.82, 2.24) is 0 Å². The van der Waals surface area contributed by atoms with Crippen LogP contribution in [0.5, 0.6) is 5.75 Å². The van der Waals surface area contributed by atoms with E-state index in [1.807, 2.05) is 13.8 Å². The van der Waals surface area contributed by atoms with E-state index in [1.54, 1.807) is 32.0 Å². The molecular formula is C14H18O4. The lowest BCUT2D eigenvalue weighted by Crippen LogP contribution is -2.20. The number of hydrogen-bond donors (Lipinski definition) is 0. The number of carbonyl (C=O) groups excluding carboxylic acids is 2. The molecule has 0 atom stereocenters. The van der Waals surface area contributed by atoms with E-state index >= 15 is 0 Å². The van der Waals surface area contributed by atoms with E-state index < -0.39 is 11.8 Å². The Kier molecular flexibility index (Phi) is 4.89. The van der Waals surface area contributed by atoms with Crippen molar-refractivity contribution in [2.24, 2.45) is 0 Å². The third kappa shape index (κ3) is 3.32. The molecule has 0 saturated carbocycles. The molecule has 0 heterocycles. The van der Waals surface area contributed by atoms with Crippen molar-refractivity contribution < 1.29 is 19.1 Å². The second-order valence-electron chi connectivity index (χ2n) is 4.16. The zero-order chi connectivity index (χ0) is 13.7. The lowest BCUT2D eigenvalue weighted by molar-refractivity contribution is -0.137. The first-order valence-electron chi connectivity index (χ1n) is 5.95. The van der Waals surface area contributed by atoms with Crippen LogP contribution in [0.1, 0.15) is 36.7 Å². The molecule has 0 spiro atoms. The van der Waals surface area contributed by atoms with Crippen LogP contribution in [-0.4, -0.2) is 24.5 Å². The Hall–Kier alpha value is -1.84. The van der Waals surface area contributed by atoms with Crippen molar-refractivity contribution >= 4 is 11.8 Å². The quantitative estimate of drug-likeness (QED) is 0.458. The summed E-state index contributed by atoms with van der Waals surface area (Å²) in [5.41, 5.74) is 0.982. The number of carbonyl (C=O) groups is 2. The average molecular weight is 250 g/mol. The van der Waals surface area contributed by atoms with Crippen molar-refractivity contribution in [1.29, 1.82) is 0 Å². The van der Waals surface area contributed by atoms with Crippen molar-refractivity contribution in [3.63, 3.8) is 0 Å². The fraction of sp³-hybridized carbons (Fsp3) is 0.429.